The van der Waals surface area contributed by atoms with Crippen molar-refractivity contribution < 1.29 is 14.3 Å². The summed E-state index contributed by atoms with van der Waals surface area (Å²) in [6.45, 7) is 2.34. The van der Waals surface area contributed by atoms with Gasteiger partial charge in [-0.2, -0.15) is 0 Å². The van der Waals surface area contributed by atoms with Gasteiger partial charge in [0.1, 0.15) is 10.1 Å². The van der Waals surface area contributed by atoms with Gasteiger partial charge in [-0.3, -0.25) is 14.5 Å². The van der Waals surface area contributed by atoms with Crippen LogP contribution in [-0.2, 0) is 9.59 Å². The van der Waals surface area contributed by atoms with Crippen molar-refractivity contribution in [1.29, 1.82) is 0 Å². The molecule has 1 aliphatic heterocycles. The number of thiocarbonyl (C=S) groups is 1. The van der Waals surface area contributed by atoms with E-state index in [0.29, 0.717) is 42.8 Å². The fraction of sp³-hybridized carbons (Fsp3) is 0.190. The van der Waals surface area contributed by atoms with Gasteiger partial charge in [-0.05, 0) is 48.9 Å². The summed E-state index contributed by atoms with van der Waals surface area (Å²) >= 11 is 21.9. The highest BCUT2D eigenvalue weighted by Crippen LogP contribution is 2.35. The van der Waals surface area contributed by atoms with Crippen molar-refractivity contribution in [2.24, 2.45) is 0 Å². The molecule has 2 aromatic rings. The number of carbonyl (C=O) groups is 2. The number of amides is 2. The van der Waals surface area contributed by atoms with Crippen molar-refractivity contribution in [3.8, 4) is 5.75 Å². The van der Waals surface area contributed by atoms with Crippen molar-refractivity contribution in [2.75, 3.05) is 18.5 Å². The van der Waals surface area contributed by atoms with Crippen molar-refractivity contribution in [3.05, 3.63) is 61.4 Å². The predicted molar refractivity (Wildman–Crippen MR) is 135 cm³/mol. The molecule has 1 aliphatic rings. The first-order valence-corrected chi connectivity index (χ1v) is 12.0. The highest BCUT2D eigenvalue weighted by molar-refractivity contribution is 9.10. The molecular weight excluding hydrogens is 543 g/mol. The SMILES string of the molecule is CCCN1C(=O)/C(=C/c2cc(Br)ccc2OCC(=O)Nc2cc(Cl)cc(Cl)c2)SC1=S. The van der Waals surface area contributed by atoms with Crippen LogP contribution in [0.25, 0.3) is 6.08 Å². The summed E-state index contributed by atoms with van der Waals surface area (Å²) in [4.78, 5) is 27.1. The molecule has 0 aromatic heterocycles. The molecule has 0 aliphatic carbocycles. The number of benzene rings is 2. The molecule has 162 valence electrons. The summed E-state index contributed by atoms with van der Waals surface area (Å²) in [6, 6.07) is 10.1. The number of ether oxygens (including phenoxy) is 1. The van der Waals surface area contributed by atoms with Gasteiger partial charge in [0.2, 0.25) is 0 Å². The lowest BCUT2D eigenvalue weighted by Gasteiger charge is -2.12. The number of hydrogen-bond donors (Lipinski definition) is 1. The molecule has 1 N–H and O–H groups in total. The van der Waals surface area contributed by atoms with E-state index in [1.807, 2.05) is 13.0 Å². The monoisotopic (exact) mass is 558 g/mol. The summed E-state index contributed by atoms with van der Waals surface area (Å²) in [5.41, 5.74) is 1.13. The summed E-state index contributed by atoms with van der Waals surface area (Å²) in [5, 5.41) is 3.52. The molecule has 0 atom stereocenters. The first-order chi connectivity index (χ1) is 14.8. The minimum atomic E-state index is -0.374. The number of rotatable bonds is 7. The molecule has 1 saturated heterocycles. The Labute approximate surface area is 208 Å². The maximum absolute atomic E-state index is 12.6. The molecule has 0 bridgehead atoms. The third kappa shape index (κ3) is 6.46. The molecule has 31 heavy (non-hydrogen) atoms. The first-order valence-electron chi connectivity index (χ1n) is 9.20. The quantitative estimate of drug-likeness (QED) is 0.315. The second-order valence-electron chi connectivity index (χ2n) is 6.51. The second kappa shape index (κ2) is 10.8. The van der Waals surface area contributed by atoms with Gasteiger partial charge in [-0.15, -0.1) is 0 Å². The van der Waals surface area contributed by atoms with Crippen LogP contribution in [0.1, 0.15) is 18.9 Å². The van der Waals surface area contributed by atoms with Crippen molar-refractivity contribution in [3.63, 3.8) is 0 Å². The van der Waals surface area contributed by atoms with Gasteiger partial charge in [0.15, 0.2) is 6.61 Å². The maximum atomic E-state index is 12.6. The van der Waals surface area contributed by atoms with Gasteiger partial charge >= 0.3 is 0 Å². The van der Waals surface area contributed by atoms with Crippen LogP contribution in [-0.4, -0.2) is 34.2 Å². The van der Waals surface area contributed by atoms with Gasteiger partial charge in [0, 0.05) is 32.3 Å². The highest BCUT2D eigenvalue weighted by Gasteiger charge is 2.31. The van der Waals surface area contributed by atoms with Crippen LogP contribution < -0.4 is 10.1 Å². The van der Waals surface area contributed by atoms with E-state index in [1.165, 1.54) is 11.8 Å². The van der Waals surface area contributed by atoms with Gasteiger partial charge < -0.3 is 10.1 Å². The van der Waals surface area contributed by atoms with Gasteiger partial charge in [-0.1, -0.05) is 70.0 Å². The highest BCUT2D eigenvalue weighted by atomic mass is 79.9. The van der Waals surface area contributed by atoms with Crippen LogP contribution in [0.15, 0.2) is 45.8 Å². The Bertz CT molecular complexity index is 1060. The van der Waals surface area contributed by atoms with E-state index >= 15 is 0 Å². The van der Waals surface area contributed by atoms with E-state index in [2.05, 4.69) is 21.2 Å². The molecule has 2 aromatic carbocycles. The number of carbonyl (C=O) groups excluding carboxylic acids is 2. The Morgan fingerprint density at radius 2 is 1.97 bits per heavy atom. The zero-order valence-corrected chi connectivity index (χ0v) is 21.0. The molecular formula is C21H17BrCl2N2O3S2. The number of thioether (sulfide) groups is 1. The summed E-state index contributed by atoms with van der Waals surface area (Å²) in [5.74, 6) is -0.0388. The Morgan fingerprint density at radius 1 is 1.26 bits per heavy atom. The lowest BCUT2D eigenvalue weighted by Crippen LogP contribution is -2.28. The standard InChI is InChI=1S/C21H17BrCl2N2O3S2/c1-2-5-26-20(28)18(31-21(26)30)7-12-6-13(22)3-4-17(12)29-11-19(27)25-16-9-14(23)8-15(24)10-16/h3-4,6-10H,2,5,11H2,1H3,(H,25,27)/b18-7-. The first kappa shape index (κ1) is 24.1. The van der Waals surface area contributed by atoms with Gasteiger partial charge in [0.25, 0.3) is 11.8 Å². The van der Waals surface area contributed by atoms with E-state index in [1.54, 1.807) is 41.3 Å². The summed E-state index contributed by atoms with van der Waals surface area (Å²) in [6.07, 6.45) is 2.54. The van der Waals surface area contributed by atoms with E-state index in [9.17, 15) is 9.59 Å². The third-order valence-corrected chi connectivity index (χ3v) is 6.39. The van der Waals surface area contributed by atoms with Crippen molar-refractivity contribution in [1.82, 2.24) is 4.90 Å². The Morgan fingerprint density at radius 3 is 2.65 bits per heavy atom. The number of anilines is 1. The molecule has 0 radical (unpaired) electrons. The zero-order valence-electron chi connectivity index (χ0n) is 16.3. The van der Waals surface area contributed by atoms with Crippen LogP contribution in [0, 0.1) is 0 Å². The lowest BCUT2D eigenvalue weighted by molar-refractivity contribution is -0.122. The van der Waals surface area contributed by atoms with Crippen LogP contribution in [0.3, 0.4) is 0 Å². The molecule has 0 unspecified atom stereocenters. The van der Waals surface area contributed by atoms with Crippen molar-refractivity contribution >= 4 is 91.0 Å². The minimum absolute atomic E-state index is 0.127. The van der Waals surface area contributed by atoms with Crippen LogP contribution >= 0.6 is 63.1 Å². The lowest BCUT2D eigenvalue weighted by atomic mass is 10.2. The molecule has 3 rings (SSSR count). The average molecular weight is 560 g/mol. The van der Waals surface area contributed by atoms with Gasteiger partial charge in [0.05, 0.1) is 4.91 Å². The average Bonchev–Trinajstić information content (AvgIpc) is 2.94. The Kier molecular flexibility index (Phi) is 8.41. The largest absolute Gasteiger partial charge is 0.483 e. The number of nitrogens with zero attached hydrogens (tertiary/aromatic N) is 1. The van der Waals surface area contributed by atoms with E-state index in [0.717, 1.165) is 10.9 Å². The fourth-order valence-electron chi connectivity index (χ4n) is 2.79. The van der Waals surface area contributed by atoms with Crippen molar-refractivity contribution in [2.45, 2.75) is 13.3 Å². The number of hydrogen-bond acceptors (Lipinski definition) is 5. The molecule has 1 fully saturated rings. The van der Waals surface area contributed by atoms with E-state index in [4.69, 9.17) is 40.2 Å². The van der Waals surface area contributed by atoms with Crippen LogP contribution in [0.5, 0.6) is 5.75 Å². The molecule has 0 spiro atoms. The second-order valence-corrected chi connectivity index (χ2v) is 9.97. The smallest absolute Gasteiger partial charge is 0.266 e. The van der Waals surface area contributed by atoms with Crippen LogP contribution in [0.2, 0.25) is 10.0 Å². The Balaban J connectivity index is 1.74. The van der Waals surface area contributed by atoms with Crippen LogP contribution in [0.4, 0.5) is 5.69 Å². The summed E-state index contributed by atoms with van der Waals surface area (Å²) < 4.78 is 7.07. The fourth-order valence-corrected chi connectivity index (χ4v) is 4.99. The molecule has 2 amide bonds. The predicted octanol–water partition coefficient (Wildman–Crippen LogP) is 6.38. The maximum Gasteiger partial charge on any atom is 0.266 e. The normalized spacial score (nSPS) is 15.0. The molecule has 0 saturated carbocycles. The molecule has 10 heteroatoms. The molecule has 5 nitrogen and oxygen atoms in total. The number of halogens is 3. The summed E-state index contributed by atoms with van der Waals surface area (Å²) in [7, 11) is 0. The third-order valence-electron chi connectivity index (χ3n) is 4.08. The van der Waals surface area contributed by atoms with Gasteiger partial charge in [-0.25, -0.2) is 0 Å². The van der Waals surface area contributed by atoms with E-state index < -0.39 is 0 Å². The van der Waals surface area contributed by atoms with E-state index in [-0.39, 0.29) is 18.4 Å². The minimum Gasteiger partial charge on any atom is -0.483 e. The molecule has 1 heterocycles. The topological polar surface area (TPSA) is 58.6 Å². The zero-order chi connectivity index (χ0) is 22.5. The Hall–Kier alpha value is -1.58. The number of nitrogens with one attached hydrogen (secondary N) is 1.